The molecule has 0 amide bonds. The van der Waals surface area contributed by atoms with Crippen molar-refractivity contribution in [2.75, 3.05) is 11.4 Å². The first kappa shape index (κ1) is 21.1. The predicted molar refractivity (Wildman–Crippen MR) is 92.3 cm³/mol. The van der Waals surface area contributed by atoms with E-state index in [2.05, 4.69) is 20.0 Å². The van der Waals surface area contributed by atoms with Gasteiger partial charge >= 0.3 is 12.4 Å². The molecule has 0 aliphatic rings. The van der Waals surface area contributed by atoms with E-state index in [4.69, 9.17) is 11.1 Å². The van der Waals surface area contributed by atoms with Gasteiger partial charge in [-0.1, -0.05) is 17.3 Å². The summed E-state index contributed by atoms with van der Waals surface area (Å²) in [5.41, 5.74) is -2.13. The first-order valence-electron chi connectivity index (χ1n) is 8.21. The highest BCUT2D eigenvalue weighted by molar-refractivity contribution is 5.62. The average Bonchev–Trinajstić information content (AvgIpc) is 3.14. The van der Waals surface area contributed by atoms with Gasteiger partial charge in [-0.3, -0.25) is 4.98 Å². The first-order valence-corrected chi connectivity index (χ1v) is 8.21. The molecule has 0 fully saturated rings. The smallest absolute Gasteiger partial charge is 0.353 e. The van der Waals surface area contributed by atoms with Crippen molar-refractivity contribution in [1.29, 1.82) is 0 Å². The largest absolute Gasteiger partial charge is 0.407 e. The van der Waals surface area contributed by atoms with E-state index >= 15 is 0 Å². The van der Waals surface area contributed by atoms with Gasteiger partial charge in [0.25, 0.3) is 0 Å². The van der Waals surface area contributed by atoms with Crippen LogP contribution in [-0.4, -0.2) is 27.8 Å². The van der Waals surface area contributed by atoms with E-state index in [0.29, 0.717) is 16.7 Å². The van der Waals surface area contributed by atoms with Gasteiger partial charge in [-0.2, -0.15) is 31.3 Å². The zero-order chi connectivity index (χ0) is 21.9. The lowest BCUT2D eigenvalue weighted by atomic mass is 10.1. The number of rotatable bonds is 5. The third-order valence-electron chi connectivity index (χ3n) is 3.83. The minimum Gasteiger partial charge on any atom is -0.353 e. The lowest BCUT2D eigenvalue weighted by Crippen LogP contribution is -2.34. The zero-order valence-corrected chi connectivity index (χ0v) is 14.9. The second-order valence-corrected chi connectivity index (χ2v) is 6.01. The SMILES string of the molecule is [C-]#[N+]c1ccc(N(Cc2nc(-c3ccccn3)no2)CC(F)(F)F)cc1C(F)(F)F. The molecule has 0 unspecified atom stereocenters. The molecule has 0 aliphatic carbocycles. The maximum Gasteiger partial charge on any atom is 0.407 e. The Balaban J connectivity index is 1.95. The Kier molecular flexibility index (Phi) is 5.64. The van der Waals surface area contributed by atoms with Crippen molar-refractivity contribution in [3.05, 3.63) is 65.5 Å². The minimum absolute atomic E-state index is 0.0249. The number of benzene rings is 1. The van der Waals surface area contributed by atoms with Gasteiger partial charge < -0.3 is 9.42 Å². The molecule has 0 bridgehead atoms. The summed E-state index contributed by atoms with van der Waals surface area (Å²) in [5.74, 6) is -0.223. The summed E-state index contributed by atoms with van der Waals surface area (Å²) < 4.78 is 83.7. The second kappa shape index (κ2) is 8.02. The van der Waals surface area contributed by atoms with Gasteiger partial charge in [-0.15, -0.1) is 0 Å². The van der Waals surface area contributed by atoms with Crippen LogP contribution in [0.3, 0.4) is 0 Å². The van der Waals surface area contributed by atoms with Crippen LogP contribution in [0.2, 0.25) is 0 Å². The maximum atomic E-state index is 13.2. The van der Waals surface area contributed by atoms with Crippen LogP contribution in [0.5, 0.6) is 0 Å². The summed E-state index contributed by atoms with van der Waals surface area (Å²) in [6.45, 7) is 4.67. The van der Waals surface area contributed by atoms with Gasteiger partial charge in [0.2, 0.25) is 11.7 Å². The molecular formula is C18H11F6N5O. The molecule has 2 aromatic heterocycles. The van der Waals surface area contributed by atoms with Gasteiger partial charge in [0.1, 0.15) is 12.2 Å². The predicted octanol–water partition coefficient (Wildman–Crippen LogP) is 5.27. The lowest BCUT2D eigenvalue weighted by Gasteiger charge is -2.25. The fourth-order valence-corrected chi connectivity index (χ4v) is 2.58. The van der Waals surface area contributed by atoms with Crippen LogP contribution >= 0.6 is 0 Å². The summed E-state index contributed by atoms with van der Waals surface area (Å²) in [4.78, 5) is 11.3. The van der Waals surface area contributed by atoms with Crippen molar-refractivity contribution in [1.82, 2.24) is 15.1 Å². The Morgan fingerprint density at radius 2 is 1.83 bits per heavy atom. The number of anilines is 1. The third-order valence-corrected chi connectivity index (χ3v) is 3.83. The fraction of sp³-hybridized carbons (Fsp3) is 0.222. The quantitative estimate of drug-likeness (QED) is 0.410. The van der Waals surface area contributed by atoms with Crippen molar-refractivity contribution >= 4 is 11.4 Å². The molecule has 0 spiro atoms. The van der Waals surface area contributed by atoms with Crippen LogP contribution in [0.25, 0.3) is 16.4 Å². The number of hydrogen-bond donors (Lipinski definition) is 0. The molecule has 0 saturated carbocycles. The number of nitrogens with zero attached hydrogens (tertiary/aromatic N) is 5. The first-order chi connectivity index (χ1) is 14.1. The molecule has 0 aliphatic heterocycles. The second-order valence-electron chi connectivity index (χ2n) is 6.01. The van der Waals surface area contributed by atoms with Crippen LogP contribution in [-0.2, 0) is 12.7 Å². The third kappa shape index (κ3) is 5.05. The van der Waals surface area contributed by atoms with Crippen molar-refractivity contribution < 1.29 is 30.9 Å². The normalized spacial score (nSPS) is 11.9. The van der Waals surface area contributed by atoms with Crippen LogP contribution < -0.4 is 4.90 Å². The molecule has 0 N–H and O–H groups in total. The molecule has 0 saturated heterocycles. The summed E-state index contributed by atoms with van der Waals surface area (Å²) >= 11 is 0. The molecule has 0 radical (unpaired) electrons. The van der Waals surface area contributed by atoms with Crippen molar-refractivity contribution in [3.63, 3.8) is 0 Å². The number of halogens is 6. The Morgan fingerprint density at radius 3 is 2.43 bits per heavy atom. The number of pyridine rings is 1. The molecule has 30 heavy (non-hydrogen) atoms. The van der Waals surface area contributed by atoms with Crippen LogP contribution in [0, 0.1) is 6.57 Å². The van der Waals surface area contributed by atoms with E-state index in [1.807, 2.05) is 0 Å². The van der Waals surface area contributed by atoms with Gasteiger partial charge in [0.05, 0.1) is 18.7 Å². The van der Waals surface area contributed by atoms with Crippen LogP contribution in [0.4, 0.5) is 37.7 Å². The molecule has 0 atom stereocenters. The van der Waals surface area contributed by atoms with Crippen molar-refractivity contribution in [2.45, 2.75) is 18.9 Å². The molecule has 6 nitrogen and oxygen atoms in total. The van der Waals surface area contributed by atoms with E-state index in [9.17, 15) is 26.3 Å². The average molecular weight is 427 g/mol. The number of aromatic nitrogens is 3. The Hall–Kier alpha value is -3.62. The number of alkyl halides is 6. The zero-order valence-electron chi connectivity index (χ0n) is 14.9. The Labute approximate surface area is 165 Å². The number of hydrogen-bond acceptors (Lipinski definition) is 5. The van der Waals surface area contributed by atoms with E-state index in [1.165, 1.54) is 6.20 Å². The molecule has 156 valence electrons. The van der Waals surface area contributed by atoms with Gasteiger partial charge in [0.15, 0.2) is 5.69 Å². The highest BCUT2D eigenvalue weighted by Crippen LogP contribution is 2.39. The topological polar surface area (TPSA) is 59.4 Å². The highest BCUT2D eigenvalue weighted by atomic mass is 19.4. The van der Waals surface area contributed by atoms with E-state index < -0.39 is 42.4 Å². The molecule has 3 aromatic rings. The van der Waals surface area contributed by atoms with Gasteiger partial charge in [0, 0.05) is 11.9 Å². The highest BCUT2D eigenvalue weighted by Gasteiger charge is 2.36. The van der Waals surface area contributed by atoms with E-state index in [-0.39, 0.29) is 11.7 Å². The summed E-state index contributed by atoms with van der Waals surface area (Å²) in [5, 5.41) is 3.64. The standard InChI is InChI=1S/C18H11F6N5O/c1-25-13-6-5-11(8-12(13)18(22,23)24)29(10-17(19,20)21)9-15-27-16(28-30-15)14-4-2-3-7-26-14/h2-8H,9-10H2. The van der Waals surface area contributed by atoms with Crippen molar-refractivity contribution in [2.24, 2.45) is 0 Å². The van der Waals surface area contributed by atoms with Crippen LogP contribution in [0.1, 0.15) is 11.5 Å². The molecular weight excluding hydrogens is 416 g/mol. The van der Waals surface area contributed by atoms with E-state index in [1.54, 1.807) is 18.2 Å². The fourth-order valence-electron chi connectivity index (χ4n) is 2.58. The molecule has 12 heteroatoms. The molecule has 3 rings (SSSR count). The summed E-state index contributed by atoms with van der Waals surface area (Å²) in [6, 6.07) is 7.16. The monoisotopic (exact) mass is 427 g/mol. The minimum atomic E-state index is -4.91. The van der Waals surface area contributed by atoms with Crippen LogP contribution in [0.15, 0.2) is 47.1 Å². The summed E-state index contributed by atoms with van der Waals surface area (Å²) in [6.07, 6.45) is -8.17. The summed E-state index contributed by atoms with van der Waals surface area (Å²) in [7, 11) is 0. The van der Waals surface area contributed by atoms with Gasteiger partial charge in [-0.05, 0) is 24.3 Å². The molecule has 2 heterocycles. The Bertz CT molecular complexity index is 1060. The van der Waals surface area contributed by atoms with Gasteiger partial charge in [-0.25, -0.2) is 4.85 Å². The lowest BCUT2D eigenvalue weighted by molar-refractivity contribution is -0.136. The van der Waals surface area contributed by atoms with E-state index in [0.717, 1.165) is 12.1 Å². The molecule has 1 aromatic carbocycles. The Morgan fingerprint density at radius 1 is 1.07 bits per heavy atom. The van der Waals surface area contributed by atoms with Crippen molar-refractivity contribution in [3.8, 4) is 11.5 Å². The maximum absolute atomic E-state index is 13.2.